The highest BCUT2D eigenvalue weighted by Gasteiger charge is 2.23. The summed E-state index contributed by atoms with van der Waals surface area (Å²) >= 11 is 0. The molecule has 0 aromatic heterocycles. The Labute approximate surface area is 172 Å². The molecular weight excluding hydrogens is 388 g/mol. The van der Waals surface area contributed by atoms with Crippen LogP contribution in [0, 0.1) is 5.92 Å². The minimum Gasteiger partial charge on any atom is -0.497 e. The van der Waals surface area contributed by atoms with E-state index in [0.29, 0.717) is 17.2 Å². The molecule has 1 aliphatic carbocycles. The molecule has 0 radical (unpaired) electrons. The van der Waals surface area contributed by atoms with Crippen LogP contribution < -0.4 is 14.8 Å². The average Bonchev–Trinajstić information content (AvgIpc) is 2.74. The van der Waals surface area contributed by atoms with E-state index >= 15 is 0 Å². The van der Waals surface area contributed by atoms with Crippen molar-refractivity contribution in [3.8, 4) is 5.75 Å². The number of methoxy groups -OCH3 is 1. The third-order valence-corrected chi connectivity index (χ3v) is 6.90. The molecule has 1 fully saturated rings. The zero-order valence-electron chi connectivity index (χ0n) is 16.9. The van der Waals surface area contributed by atoms with Gasteiger partial charge in [-0.25, -0.2) is 13.1 Å². The quantitative estimate of drug-likeness (QED) is 0.724. The highest BCUT2D eigenvalue weighted by Crippen LogP contribution is 2.24. The van der Waals surface area contributed by atoms with Crippen LogP contribution in [0.2, 0.25) is 0 Å². The Balaban J connectivity index is 1.57. The lowest BCUT2D eigenvalue weighted by atomic mass is 9.86. The first-order valence-corrected chi connectivity index (χ1v) is 11.4. The molecule has 0 spiro atoms. The largest absolute Gasteiger partial charge is 0.497 e. The first kappa shape index (κ1) is 21.3. The molecule has 2 aromatic rings. The first-order valence-electron chi connectivity index (χ1n) is 9.92. The third-order valence-electron chi connectivity index (χ3n) is 5.48. The van der Waals surface area contributed by atoms with Crippen LogP contribution in [0.25, 0.3) is 0 Å². The fourth-order valence-corrected chi connectivity index (χ4v) is 4.59. The van der Waals surface area contributed by atoms with Gasteiger partial charge in [0.2, 0.25) is 10.0 Å². The maximum atomic E-state index is 12.5. The number of benzene rings is 2. The lowest BCUT2D eigenvalue weighted by Crippen LogP contribution is -2.41. The van der Waals surface area contributed by atoms with Crippen LogP contribution in [0.3, 0.4) is 0 Å². The highest BCUT2D eigenvalue weighted by atomic mass is 32.2. The Morgan fingerprint density at radius 1 is 1.03 bits per heavy atom. The van der Waals surface area contributed by atoms with Gasteiger partial charge in [0.1, 0.15) is 5.75 Å². The summed E-state index contributed by atoms with van der Waals surface area (Å²) in [5, 5.41) is 3.13. The molecule has 0 bridgehead atoms. The van der Waals surface area contributed by atoms with Gasteiger partial charge in [-0.3, -0.25) is 4.79 Å². The summed E-state index contributed by atoms with van der Waals surface area (Å²) in [6.07, 6.45) is 4.56. The summed E-state index contributed by atoms with van der Waals surface area (Å²) in [5.74, 6) is 1.02. The van der Waals surface area contributed by atoms with Crippen LogP contribution in [-0.2, 0) is 16.6 Å². The molecule has 2 unspecified atom stereocenters. The predicted molar refractivity (Wildman–Crippen MR) is 112 cm³/mol. The first-order chi connectivity index (χ1) is 13.9. The predicted octanol–water partition coefficient (Wildman–Crippen LogP) is 3.48. The zero-order chi connectivity index (χ0) is 20.9. The molecule has 2 aromatic carbocycles. The summed E-state index contributed by atoms with van der Waals surface area (Å²) in [4.78, 5) is 12.7. The van der Waals surface area contributed by atoms with E-state index in [9.17, 15) is 13.2 Å². The Hall–Kier alpha value is -2.38. The van der Waals surface area contributed by atoms with E-state index < -0.39 is 10.0 Å². The van der Waals surface area contributed by atoms with Gasteiger partial charge in [-0.05, 0) is 60.7 Å². The number of hydrogen-bond donors (Lipinski definition) is 2. The second kappa shape index (κ2) is 9.41. The molecule has 2 atom stereocenters. The van der Waals surface area contributed by atoms with Crippen LogP contribution in [0.5, 0.6) is 5.75 Å². The van der Waals surface area contributed by atoms with Gasteiger partial charge in [-0.15, -0.1) is 0 Å². The number of nitrogens with one attached hydrogen (secondary N) is 2. The van der Waals surface area contributed by atoms with E-state index in [1.54, 1.807) is 36.4 Å². The maximum absolute atomic E-state index is 12.5. The summed E-state index contributed by atoms with van der Waals surface area (Å²) in [6.45, 7) is 2.33. The summed E-state index contributed by atoms with van der Waals surface area (Å²) in [6, 6.07) is 13.5. The minimum atomic E-state index is -3.62. The lowest BCUT2D eigenvalue weighted by molar-refractivity contribution is 0.0910. The van der Waals surface area contributed by atoms with Gasteiger partial charge in [0, 0.05) is 18.2 Å². The Morgan fingerprint density at radius 3 is 2.31 bits per heavy atom. The van der Waals surface area contributed by atoms with Gasteiger partial charge in [-0.2, -0.15) is 0 Å². The second-order valence-electron chi connectivity index (χ2n) is 7.54. The van der Waals surface area contributed by atoms with E-state index in [-0.39, 0.29) is 23.4 Å². The third kappa shape index (κ3) is 5.58. The van der Waals surface area contributed by atoms with E-state index in [1.165, 1.54) is 25.7 Å². The van der Waals surface area contributed by atoms with E-state index in [2.05, 4.69) is 17.0 Å². The maximum Gasteiger partial charge on any atom is 0.251 e. The molecule has 7 heteroatoms. The average molecular weight is 417 g/mol. The molecule has 6 nitrogen and oxygen atoms in total. The minimum absolute atomic E-state index is 0.0749. The number of carbonyl (C=O) groups is 1. The van der Waals surface area contributed by atoms with Crippen molar-refractivity contribution >= 4 is 15.9 Å². The van der Waals surface area contributed by atoms with Gasteiger partial charge in [0.25, 0.3) is 5.91 Å². The van der Waals surface area contributed by atoms with E-state index in [1.807, 2.05) is 0 Å². The fourth-order valence-electron chi connectivity index (χ4n) is 3.57. The zero-order valence-corrected chi connectivity index (χ0v) is 17.7. The SMILES string of the molecule is COc1ccc(S(=O)(=O)NCc2ccc(C(=O)NC3CCCCC3C)cc2)cc1. The normalized spacial score (nSPS) is 19.5. The topological polar surface area (TPSA) is 84.5 Å². The fraction of sp³-hybridized carbons (Fsp3) is 0.409. The van der Waals surface area contributed by atoms with Gasteiger partial charge in [0.15, 0.2) is 0 Å². The molecule has 1 saturated carbocycles. The second-order valence-corrected chi connectivity index (χ2v) is 9.31. The monoisotopic (exact) mass is 416 g/mol. The molecule has 1 amide bonds. The summed E-state index contributed by atoms with van der Waals surface area (Å²) in [7, 11) is -2.09. The number of ether oxygens (including phenoxy) is 1. The molecule has 2 N–H and O–H groups in total. The number of carbonyl (C=O) groups excluding carboxylic acids is 1. The van der Waals surface area contributed by atoms with Gasteiger partial charge >= 0.3 is 0 Å². The van der Waals surface area contributed by atoms with Gasteiger partial charge in [-0.1, -0.05) is 31.9 Å². The van der Waals surface area contributed by atoms with Crippen molar-refractivity contribution in [1.29, 1.82) is 0 Å². The number of hydrogen-bond acceptors (Lipinski definition) is 4. The molecular formula is C22H28N2O4S. The Morgan fingerprint density at radius 2 is 1.69 bits per heavy atom. The summed E-state index contributed by atoms with van der Waals surface area (Å²) in [5.41, 5.74) is 1.37. The van der Waals surface area contributed by atoms with Crippen molar-refractivity contribution in [3.05, 3.63) is 59.7 Å². The number of rotatable bonds is 7. The van der Waals surface area contributed by atoms with Crippen LogP contribution in [-0.4, -0.2) is 27.5 Å². The Kier molecular flexibility index (Phi) is 6.92. The highest BCUT2D eigenvalue weighted by molar-refractivity contribution is 7.89. The van der Waals surface area contributed by atoms with Crippen molar-refractivity contribution < 1.29 is 17.9 Å². The summed E-state index contributed by atoms with van der Waals surface area (Å²) < 4.78 is 32.5. The molecule has 0 heterocycles. The Bertz CT molecular complexity index is 924. The smallest absolute Gasteiger partial charge is 0.251 e. The molecule has 3 rings (SSSR count). The van der Waals surface area contributed by atoms with Crippen LogP contribution >= 0.6 is 0 Å². The van der Waals surface area contributed by atoms with Gasteiger partial charge < -0.3 is 10.1 Å². The van der Waals surface area contributed by atoms with Crippen LogP contribution in [0.4, 0.5) is 0 Å². The number of amides is 1. The van der Waals surface area contributed by atoms with Crippen molar-refractivity contribution in [2.45, 2.75) is 50.1 Å². The molecule has 156 valence electrons. The number of sulfonamides is 1. The van der Waals surface area contributed by atoms with E-state index in [0.717, 1.165) is 24.8 Å². The van der Waals surface area contributed by atoms with Crippen molar-refractivity contribution in [3.63, 3.8) is 0 Å². The standard InChI is InChI=1S/C22H28N2O4S/c1-16-5-3-4-6-21(16)24-22(25)18-9-7-17(8-10-18)15-23-29(26,27)20-13-11-19(28-2)12-14-20/h7-14,16,21,23H,3-6,15H2,1-2H3,(H,24,25). The molecule has 0 aliphatic heterocycles. The van der Waals surface area contributed by atoms with Gasteiger partial charge in [0.05, 0.1) is 12.0 Å². The van der Waals surface area contributed by atoms with Crippen molar-refractivity contribution in [1.82, 2.24) is 10.0 Å². The van der Waals surface area contributed by atoms with Crippen LogP contribution in [0.15, 0.2) is 53.4 Å². The molecule has 0 saturated heterocycles. The molecule has 1 aliphatic rings. The lowest BCUT2D eigenvalue weighted by Gasteiger charge is -2.29. The van der Waals surface area contributed by atoms with E-state index in [4.69, 9.17) is 4.74 Å². The van der Waals surface area contributed by atoms with Crippen molar-refractivity contribution in [2.24, 2.45) is 5.92 Å². The van der Waals surface area contributed by atoms with Crippen LogP contribution in [0.1, 0.15) is 48.5 Å². The van der Waals surface area contributed by atoms with Crippen molar-refractivity contribution in [2.75, 3.05) is 7.11 Å². The molecule has 29 heavy (non-hydrogen) atoms.